The minimum absolute atomic E-state index is 0.0460. The fourth-order valence-electron chi connectivity index (χ4n) is 2.23. The Labute approximate surface area is 119 Å². The predicted molar refractivity (Wildman–Crippen MR) is 71.0 cm³/mol. The molecule has 1 amide bonds. The summed E-state index contributed by atoms with van der Waals surface area (Å²) in [5.74, 6) is -4.96. The van der Waals surface area contributed by atoms with Crippen LogP contribution in [0.25, 0.3) is 0 Å². The Kier molecular flexibility index (Phi) is 4.17. The summed E-state index contributed by atoms with van der Waals surface area (Å²) in [7, 11) is 0. The number of hydrogen-bond acceptors (Lipinski definition) is 4. The number of nitrogens with one attached hydrogen (secondary N) is 1. The van der Waals surface area contributed by atoms with Crippen LogP contribution in [0.2, 0.25) is 0 Å². The lowest BCUT2D eigenvalue weighted by molar-refractivity contribution is -0.384. The third kappa shape index (κ3) is 3.15. The van der Waals surface area contributed by atoms with E-state index in [-0.39, 0.29) is 24.8 Å². The van der Waals surface area contributed by atoms with Crippen molar-refractivity contribution in [2.24, 2.45) is 0 Å². The summed E-state index contributed by atoms with van der Waals surface area (Å²) in [5, 5.41) is 13.6. The minimum atomic E-state index is -3.69. The number of nitrogens with zero attached hydrogens (tertiary/aromatic N) is 2. The van der Waals surface area contributed by atoms with Crippen molar-refractivity contribution in [1.82, 2.24) is 10.2 Å². The summed E-state index contributed by atoms with van der Waals surface area (Å²) >= 11 is 0. The fraction of sp³-hybridized carbons (Fsp3) is 0.462. The van der Waals surface area contributed by atoms with Gasteiger partial charge in [0.15, 0.2) is 0 Å². The molecule has 1 saturated heterocycles. The molecule has 0 aliphatic carbocycles. The zero-order valence-corrected chi connectivity index (χ0v) is 11.4. The number of nitro groups is 1. The quantitative estimate of drug-likeness (QED) is 0.678. The van der Waals surface area contributed by atoms with Crippen LogP contribution in [-0.2, 0) is 10.7 Å². The van der Waals surface area contributed by atoms with Gasteiger partial charge < -0.3 is 10.2 Å². The summed E-state index contributed by atoms with van der Waals surface area (Å²) in [6, 6.07) is 3.73. The van der Waals surface area contributed by atoms with Gasteiger partial charge in [0.2, 0.25) is 0 Å². The number of nitro benzene ring substituents is 1. The number of carbonyl (C=O) groups is 1. The second-order valence-electron chi connectivity index (χ2n) is 4.98. The molecule has 6 nitrogen and oxygen atoms in total. The lowest BCUT2D eigenvalue weighted by Gasteiger charge is -2.34. The van der Waals surface area contributed by atoms with Crippen LogP contribution in [0.4, 0.5) is 14.5 Å². The van der Waals surface area contributed by atoms with Gasteiger partial charge in [-0.25, -0.2) is 0 Å². The first-order chi connectivity index (χ1) is 9.82. The van der Waals surface area contributed by atoms with Gasteiger partial charge >= 0.3 is 5.92 Å². The zero-order chi connectivity index (χ0) is 15.6. The van der Waals surface area contributed by atoms with Crippen LogP contribution < -0.4 is 5.32 Å². The molecule has 0 radical (unpaired) electrons. The average molecular weight is 299 g/mol. The molecule has 1 fully saturated rings. The number of carbonyl (C=O) groups excluding carboxylic acids is 1. The molecule has 0 aromatic heterocycles. The van der Waals surface area contributed by atoms with Crippen LogP contribution in [-0.4, -0.2) is 41.4 Å². The van der Waals surface area contributed by atoms with Gasteiger partial charge in [0.05, 0.1) is 4.92 Å². The Morgan fingerprint density at radius 3 is 2.57 bits per heavy atom. The zero-order valence-electron chi connectivity index (χ0n) is 11.4. The van der Waals surface area contributed by atoms with Gasteiger partial charge in [0, 0.05) is 43.4 Å². The third-order valence-electron chi connectivity index (χ3n) is 3.37. The fourth-order valence-corrected chi connectivity index (χ4v) is 2.23. The highest BCUT2D eigenvalue weighted by Gasteiger charge is 2.44. The van der Waals surface area contributed by atoms with Crippen molar-refractivity contribution < 1.29 is 18.5 Å². The molecule has 1 atom stereocenters. The topological polar surface area (TPSA) is 75.5 Å². The van der Waals surface area contributed by atoms with Crippen molar-refractivity contribution in [3.63, 3.8) is 0 Å². The highest BCUT2D eigenvalue weighted by atomic mass is 19.3. The summed E-state index contributed by atoms with van der Waals surface area (Å²) in [5.41, 5.74) is -0.831. The monoisotopic (exact) mass is 299 g/mol. The molecule has 21 heavy (non-hydrogen) atoms. The molecule has 8 heteroatoms. The summed E-state index contributed by atoms with van der Waals surface area (Å²) in [4.78, 5) is 22.9. The molecule has 1 aliphatic rings. The molecular weight excluding hydrogens is 284 g/mol. The molecule has 1 N–H and O–H groups in total. The first kappa shape index (κ1) is 15.3. The summed E-state index contributed by atoms with van der Waals surface area (Å²) in [6.45, 7) is 2.69. The van der Waals surface area contributed by atoms with Crippen molar-refractivity contribution >= 4 is 11.6 Å². The van der Waals surface area contributed by atoms with Crippen LogP contribution in [0.5, 0.6) is 0 Å². The lowest BCUT2D eigenvalue weighted by atomic mass is 10.1. The number of hydrogen-bond donors (Lipinski definition) is 1. The number of amides is 1. The first-order valence-corrected chi connectivity index (χ1v) is 6.48. The maximum absolute atomic E-state index is 14.2. The maximum atomic E-state index is 14.2. The summed E-state index contributed by atoms with van der Waals surface area (Å²) in [6.07, 6.45) is 0. The molecule has 0 spiro atoms. The van der Waals surface area contributed by atoms with Crippen LogP contribution in [0.3, 0.4) is 0 Å². The standard InChI is InChI=1S/C13H15F2N3O3/c1-9-8-17(7-6-16-9)12(19)13(14,15)10-2-4-11(5-3-10)18(20)21/h2-5,9,16H,6-8H2,1H3/t9-/m1/s1. The number of alkyl halides is 2. The van der Waals surface area contributed by atoms with E-state index in [1.54, 1.807) is 0 Å². The Morgan fingerprint density at radius 2 is 2.05 bits per heavy atom. The molecule has 0 saturated carbocycles. The van der Waals surface area contributed by atoms with Gasteiger partial charge in [-0.3, -0.25) is 14.9 Å². The highest BCUT2D eigenvalue weighted by Crippen LogP contribution is 2.31. The van der Waals surface area contributed by atoms with E-state index >= 15 is 0 Å². The van der Waals surface area contributed by atoms with Crippen molar-refractivity contribution in [1.29, 1.82) is 0 Å². The Hall–Kier alpha value is -2.09. The van der Waals surface area contributed by atoms with Crippen molar-refractivity contribution in [3.8, 4) is 0 Å². The second-order valence-corrected chi connectivity index (χ2v) is 4.98. The van der Waals surface area contributed by atoms with Crippen LogP contribution in [0.15, 0.2) is 24.3 Å². The molecular formula is C13H15F2N3O3. The van der Waals surface area contributed by atoms with E-state index in [4.69, 9.17) is 0 Å². The van der Waals surface area contributed by atoms with Gasteiger partial charge in [0.1, 0.15) is 0 Å². The van der Waals surface area contributed by atoms with E-state index in [9.17, 15) is 23.7 Å². The van der Waals surface area contributed by atoms with Gasteiger partial charge in [-0.05, 0) is 19.1 Å². The van der Waals surface area contributed by atoms with Gasteiger partial charge in [-0.15, -0.1) is 0 Å². The largest absolute Gasteiger partial charge is 0.349 e. The smallest absolute Gasteiger partial charge is 0.334 e. The van der Waals surface area contributed by atoms with Gasteiger partial charge in [-0.1, -0.05) is 0 Å². The van der Waals surface area contributed by atoms with Gasteiger partial charge in [0.25, 0.3) is 11.6 Å². The van der Waals surface area contributed by atoms with Crippen molar-refractivity contribution in [2.75, 3.05) is 19.6 Å². The second kappa shape index (κ2) is 5.72. The SMILES string of the molecule is C[C@@H]1CN(C(=O)C(F)(F)c2ccc([N+](=O)[O-])cc2)CCN1. The van der Waals surface area contributed by atoms with Crippen molar-refractivity contribution in [2.45, 2.75) is 18.9 Å². The number of piperazine rings is 1. The predicted octanol–water partition coefficient (Wildman–Crippen LogP) is 1.51. The van der Waals surface area contributed by atoms with E-state index < -0.39 is 22.3 Å². The van der Waals surface area contributed by atoms with Crippen LogP contribution in [0, 0.1) is 10.1 Å². The first-order valence-electron chi connectivity index (χ1n) is 6.48. The molecule has 1 heterocycles. The molecule has 1 aromatic carbocycles. The van der Waals surface area contributed by atoms with Crippen molar-refractivity contribution in [3.05, 3.63) is 39.9 Å². The van der Waals surface area contributed by atoms with E-state index in [0.29, 0.717) is 6.54 Å². The molecule has 2 rings (SSSR count). The minimum Gasteiger partial charge on any atom is -0.334 e. The van der Waals surface area contributed by atoms with E-state index in [0.717, 1.165) is 29.2 Å². The third-order valence-corrected chi connectivity index (χ3v) is 3.37. The normalized spacial score (nSPS) is 19.4. The number of benzene rings is 1. The molecule has 0 bridgehead atoms. The Balaban J connectivity index is 2.19. The van der Waals surface area contributed by atoms with Crippen LogP contribution in [0.1, 0.15) is 12.5 Å². The molecule has 114 valence electrons. The molecule has 1 aromatic rings. The Bertz CT molecular complexity index is 548. The Morgan fingerprint density at radius 1 is 1.43 bits per heavy atom. The molecule has 0 unspecified atom stereocenters. The van der Waals surface area contributed by atoms with Crippen LogP contribution >= 0.6 is 0 Å². The lowest BCUT2D eigenvalue weighted by Crippen LogP contribution is -2.54. The van der Waals surface area contributed by atoms with Gasteiger partial charge in [-0.2, -0.15) is 8.78 Å². The average Bonchev–Trinajstić information content (AvgIpc) is 2.46. The van der Waals surface area contributed by atoms with E-state index in [2.05, 4.69) is 5.32 Å². The molecule has 1 aliphatic heterocycles. The number of rotatable bonds is 3. The number of non-ortho nitro benzene ring substituents is 1. The van der Waals surface area contributed by atoms with E-state index in [1.165, 1.54) is 0 Å². The highest BCUT2D eigenvalue weighted by molar-refractivity contribution is 5.85. The van der Waals surface area contributed by atoms with E-state index in [1.807, 2.05) is 6.92 Å². The summed E-state index contributed by atoms with van der Waals surface area (Å²) < 4.78 is 28.4. The maximum Gasteiger partial charge on any atom is 0.349 e. The number of halogens is 2.